The van der Waals surface area contributed by atoms with Gasteiger partial charge in [0.2, 0.25) is 11.7 Å². The molecule has 0 fully saturated rings. The highest BCUT2D eigenvalue weighted by Gasteiger charge is 2.17. The average molecular weight is 375 g/mol. The lowest BCUT2D eigenvalue weighted by Gasteiger charge is -2.18. The number of benzene rings is 1. The van der Waals surface area contributed by atoms with E-state index >= 15 is 0 Å². The van der Waals surface area contributed by atoms with Gasteiger partial charge in [0.1, 0.15) is 6.54 Å². The maximum atomic E-state index is 12.8. The van der Waals surface area contributed by atoms with Crippen molar-refractivity contribution in [2.45, 2.75) is 32.9 Å². The molecule has 1 amide bonds. The predicted molar refractivity (Wildman–Crippen MR) is 107 cm³/mol. The molecule has 4 aromatic rings. The Balaban J connectivity index is 1.60. The molecule has 1 unspecified atom stereocenters. The van der Waals surface area contributed by atoms with Crippen LogP contribution in [-0.2, 0) is 11.3 Å². The maximum absolute atomic E-state index is 12.8. The Morgan fingerprint density at radius 1 is 1.25 bits per heavy atom. The van der Waals surface area contributed by atoms with Crippen molar-refractivity contribution < 1.29 is 4.79 Å². The van der Waals surface area contributed by atoms with E-state index in [9.17, 15) is 9.59 Å². The van der Waals surface area contributed by atoms with E-state index in [-0.39, 0.29) is 23.9 Å². The van der Waals surface area contributed by atoms with Crippen molar-refractivity contribution >= 4 is 22.6 Å². The van der Waals surface area contributed by atoms with Gasteiger partial charge in [-0.2, -0.15) is 0 Å². The van der Waals surface area contributed by atoms with E-state index in [1.807, 2.05) is 59.5 Å². The molecule has 7 nitrogen and oxygen atoms in total. The van der Waals surface area contributed by atoms with Gasteiger partial charge >= 0.3 is 0 Å². The Kier molecular flexibility index (Phi) is 4.65. The van der Waals surface area contributed by atoms with Crippen LogP contribution in [0, 0.1) is 6.92 Å². The number of pyridine rings is 1. The molecule has 1 N–H and O–H groups in total. The molecule has 0 spiro atoms. The summed E-state index contributed by atoms with van der Waals surface area (Å²) in [5.41, 5.74) is 2.25. The third-order valence-corrected chi connectivity index (χ3v) is 4.88. The summed E-state index contributed by atoms with van der Waals surface area (Å²) < 4.78 is 3.70. The van der Waals surface area contributed by atoms with E-state index in [4.69, 9.17) is 0 Å². The lowest BCUT2D eigenvalue weighted by atomic mass is 10.1. The van der Waals surface area contributed by atoms with Crippen LogP contribution in [0.5, 0.6) is 0 Å². The van der Waals surface area contributed by atoms with Gasteiger partial charge in [0.25, 0.3) is 0 Å². The summed E-state index contributed by atoms with van der Waals surface area (Å²) in [6, 6.07) is 10.5. The van der Waals surface area contributed by atoms with Gasteiger partial charge < -0.3 is 9.88 Å². The number of hydrogen-bond donors (Lipinski definition) is 1. The lowest BCUT2D eigenvalue weighted by molar-refractivity contribution is -0.122. The molecule has 1 atom stereocenters. The van der Waals surface area contributed by atoms with Gasteiger partial charge in [-0.1, -0.05) is 19.1 Å². The van der Waals surface area contributed by atoms with Crippen LogP contribution in [0.4, 0.5) is 0 Å². The number of hydrogen-bond acceptors (Lipinski definition) is 4. The number of carbonyl (C=O) groups is 1. The molecular weight excluding hydrogens is 354 g/mol. The first-order chi connectivity index (χ1) is 13.6. The van der Waals surface area contributed by atoms with Crippen LogP contribution in [0.3, 0.4) is 0 Å². The minimum atomic E-state index is -0.208. The van der Waals surface area contributed by atoms with E-state index in [0.717, 1.165) is 16.9 Å². The standard InChI is InChI=1S/C21H21N5O2/c1-3-16(17-12-25-10-6-9-22-21(25)24-17)23-20(28)13-26-14(2)11-19(27)15-7-4-5-8-18(15)26/h4-12,16H,3,13H2,1-2H3,(H,23,28). The normalized spacial score (nSPS) is 12.4. The van der Waals surface area contributed by atoms with E-state index in [0.29, 0.717) is 17.6 Å². The second-order valence-electron chi connectivity index (χ2n) is 6.77. The highest BCUT2D eigenvalue weighted by Crippen LogP contribution is 2.17. The molecule has 0 saturated heterocycles. The van der Waals surface area contributed by atoms with Crippen molar-refractivity contribution in [2.75, 3.05) is 0 Å². The van der Waals surface area contributed by atoms with Gasteiger partial charge in [-0.05, 0) is 31.5 Å². The zero-order chi connectivity index (χ0) is 19.7. The zero-order valence-electron chi connectivity index (χ0n) is 15.8. The summed E-state index contributed by atoms with van der Waals surface area (Å²) in [5.74, 6) is 0.473. The fourth-order valence-electron chi connectivity index (χ4n) is 3.45. The Bertz CT molecular complexity index is 1190. The van der Waals surface area contributed by atoms with Crippen LogP contribution in [0.1, 0.15) is 30.8 Å². The fourth-order valence-corrected chi connectivity index (χ4v) is 3.45. The first-order valence-corrected chi connectivity index (χ1v) is 9.25. The molecule has 4 rings (SSSR count). The Morgan fingerprint density at radius 2 is 2.07 bits per heavy atom. The Morgan fingerprint density at radius 3 is 2.86 bits per heavy atom. The van der Waals surface area contributed by atoms with E-state index in [1.54, 1.807) is 18.3 Å². The summed E-state index contributed by atoms with van der Waals surface area (Å²) in [4.78, 5) is 33.7. The SMILES string of the molecule is CCC(NC(=O)Cn1c(C)cc(=O)c2ccccc21)c1cn2cccnc2n1. The summed E-state index contributed by atoms with van der Waals surface area (Å²) in [6.45, 7) is 3.98. The number of nitrogens with zero attached hydrogens (tertiary/aromatic N) is 4. The van der Waals surface area contributed by atoms with Gasteiger partial charge in [-0.25, -0.2) is 9.97 Å². The van der Waals surface area contributed by atoms with Crippen LogP contribution in [0.2, 0.25) is 0 Å². The molecule has 1 aromatic carbocycles. The second kappa shape index (κ2) is 7.26. The summed E-state index contributed by atoms with van der Waals surface area (Å²) in [7, 11) is 0. The fraction of sp³-hybridized carbons (Fsp3) is 0.238. The number of fused-ring (bicyclic) bond motifs is 2. The number of imidazole rings is 1. The minimum Gasteiger partial charge on any atom is -0.346 e. The summed E-state index contributed by atoms with van der Waals surface area (Å²) in [6.07, 6.45) is 6.16. The van der Waals surface area contributed by atoms with Gasteiger partial charge in [-0.15, -0.1) is 0 Å². The molecule has 0 bridgehead atoms. The van der Waals surface area contributed by atoms with Crippen LogP contribution >= 0.6 is 0 Å². The number of aryl methyl sites for hydroxylation is 1. The third-order valence-electron chi connectivity index (χ3n) is 4.88. The van der Waals surface area contributed by atoms with Crippen molar-refractivity contribution in [1.29, 1.82) is 0 Å². The summed E-state index contributed by atoms with van der Waals surface area (Å²) >= 11 is 0. The highest BCUT2D eigenvalue weighted by molar-refractivity contribution is 5.82. The molecule has 28 heavy (non-hydrogen) atoms. The number of amides is 1. The average Bonchev–Trinajstić information content (AvgIpc) is 3.13. The molecule has 0 saturated carbocycles. The van der Waals surface area contributed by atoms with Crippen molar-refractivity contribution in [3.8, 4) is 0 Å². The third kappa shape index (κ3) is 3.26. The molecule has 142 valence electrons. The topological polar surface area (TPSA) is 81.3 Å². The van der Waals surface area contributed by atoms with Gasteiger partial charge in [0.05, 0.1) is 17.3 Å². The number of rotatable bonds is 5. The van der Waals surface area contributed by atoms with Gasteiger partial charge in [0, 0.05) is 35.7 Å². The second-order valence-corrected chi connectivity index (χ2v) is 6.77. The minimum absolute atomic E-state index is 0.0339. The van der Waals surface area contributed by atoms with Crippen molar-refractivity contribution in [3.05, 3.63) is 76.6 Å². The first kappa shape index (κ1) is 17.9. The highest BCUT2D eigenvalue weighted by atomic mass is 16.2. The van der Waals surface area contributed by atoms with E-state index < -0.39 is 0 Å². The lowest BCUT2D eigenvalue weighted by Crippen LogP contribution is -2.32. The molecule has 0 aliphatic heterocycles. The molecule has 0 aliphatic rings. The number of aromatic nitrogens is 4. The maximum Gasteiger partial charge on any atom is 0.240 e. The van der Waals surface area contributed by atoms with Gasteiger partial charge in [-0.3, -0.25) is 14.0 Å². The van der Waals surface area contributed by atoms with Crippen molar-refractivity contribution in [1.82, 2.24) is 24.3 Å². The molecule has 0 aliphatic carbocycles. The number of para-hydroxylation sites is 1. The van der Waals surface area contributed by atoms with Crippen molar-refractivity contribution in [3.63, 3.8) is 0 Å². The van der Waals surface area contributed by atoms with Gasteiger partial charge in [0.15, 0.2) is 5.43 Å². The Labute approximate surface area is 161 Å². The summed E-state index contributed by atoms with van der Waals surface area (Å²) in [5, 5.41) is 3.67. The van der Waals surface area contributed by atoms with Crippen LogP contribution in [0.25, 0.3) is 16.7 Å². The number of carbonyl (C=O) groups excluding carboxylic acids is 1. The van der Waals surface area contributed by atoms with Crippen LogP contribution in [0.15, 0.2) is 59.8 Å². The first-order valence-electron chi connectivity index (χ1n) is 9.25. The monoisotopic (exact) mass is 375 g/mol. The largest absolute Gasteiger partial charge is 0.346 e. The molecule has 3 heterocycles. The van der Waals surface area contributed by atoms with Crippen LogP contribution < -0.4 is 10.7 Å². The quantitative estimate of drug-likeness (QED) is 0.581. The Hall–Kier alpha value is -3.48. The van der Waals surface area contributed by atoms with Crippen molar-refractivity contribution in [2.24, 2.45) is 0 Å². The van der Waals surface area contributed by atoms with E-state index in [1.165, 1.54) is 0 Å². The predicted octanol–water partition coefficient (Wildman–Crippen LogP) is 2.62. The molecular formula is C21H21N5O2. The molecule has 3 aromatic heterocycles. The smallest absolute Gasteiger partial charge is 0.240 e. The zero-order valence-corrected chi connectivity index (χ0v) is 15.8. The van der Waals surface area contributed by atoms with E-state index in [2.05, 4.69) is 15.3 Å². The van der Waals surface area contributed by atoms with Crippen LogP contribution in [-0.4, -0.2) is 24.8 Å². The molecule has 7 heteroatoms. The molecule has 0 radical (unpaired) electrons. The number of nitrogens with one attached hydrogen (secondary N) is 1.